The van der Waals surface area contributed by atoms with Gasteiger partial charge in [0, 0.05) is 0 Å². The van der Waals surface area contributed by atoms with E-state index >= 15 is 0 Å². The molecule has 1 aromatic heterocycles. The Morgan fingerprint density at radius 1 is 1.57 bits per heavy atom. The van der Waals surface area contributed by atoms with Gasteiger partial charge in [0.05, 0.1) is 11.4 Å². The smallest absolute Gasteiger partial charge is 0.284 e. The van der Waals surface area contributed by atoms with Crippen LogP contribution in [0.25, 0.3) is 0 Å². The second kappa shape index (κ2) is 3.41. The van der Waals surface area contributed by atoms with Crippen LogP contribution in [0.3, 0.4) is 0 Å². The number of carbonyl (C=O) groups is 1. The highest BCUT2D eigenvalue weighted by Crippen LogP contribution is 2.16. The third-order valence-corrected chi connectivity index (χ3v) is 3.68. The van der Waals surface area contributed by atoms with Gasteiger partial charge < -0.3 is 10.3 Å². The van der Waals surface area contributed by atoms with Crippen molar-refractivity contribution in [2.24, 2.45) is 0 Å². The number of hydrogen-bond donors (Lipinski definition) is 1. The van der Waals surface area contributed by atoms with Crippen molar-refractivity contribution in [1.82, 2.24) is 5.16 Å². The molecule has 7 heteroatoms. The highest BCUT2D eigenvalue weighted by molar-refractivity contribution is 8.07. The van der Waals surface area contributed by atoms with Crippen molar-refractivity contribution in [3.05, 3.63) is 11.8 Å². The first-order valence-corrected chi connectivity index (χ1v) is 5.40. The SMILES string of the molecule is CC(C)S(=O)(=O)C(=O)c1cnoc1N. The number of nitrogens with two attached hydrogens (primary N) is 1. The number of aromatic nitrogens is 1. The Morgan fingerprint density at radius 3 is 2.50 bits per heavy atom. The summed E-state index contributed by atoms with van der Waals surface area (Å²) >= 11 is 0. The van der Waals surface area contributed by atoms with Gasteiger partial charge in [-0.3, -0.25) is 4.79 Å². The molecule has 1 rings (SSSR count). The molecule has 0 aliphatic rings. The van der Waals surface area contributed by atoms with Gasteiger partial charge >= 0.3 is 0 Å². The highest BCUT2D eigenvalue weighted by atomic mass is 32.2. The maximum Gasteiger partial charge on any atom is 0.284 e. The maximum atomic E-state index is 11.4. The lowest BCUT2D eigenvalue weighted by Gasteiger charge is -2.03. The Bertz CT molecular complexity index is 446. The molecule has 1 heterocycles. The molecule has 6 nitrogen and oxygen atoms in total. The van der Waals surface area contributed by atoms with Crippen LogP contribution in [0.4, 0.5) is 5.88 Å². The lowest BCUT2D eigenvalue weighted by atomic mass is 10.4. The Kier molecular flexibility index (Phi) is 2.61. The molecule has 1 aromatic rings. The van der Waals surface area contributed by atoms with Gasteiger partial charge in [0.1, 0.15) is 5.56 Å². The number of carbonyl (C=O) groups excluding carboxylic acids is 1. The van der Waals surface area contributed by atoms with Crippen molar-refractivity contribution in [2.45, 2.75) is 19.1 Å². The normalized spacial score (nSPS) is 11.9. The van der Waals surface area contributed by atoms with Crippen LogP contribution in [0.2, 0.25) is 0 Å². The molecule has 0 bridgehead atoms. The first-order chi connectivity index (χ1) is 6.37. The summed E-state index contributed by atoms with van der Waals surface area (Å²) in [6.07, 6.45) is 0.998. The largest absolute Gasteiger partial charge is 0.367 e. The van der Waals surface area contributed by atoms with Crippen molar-refractivity contribution in [2.75, 3.05) is 5.73 Å². The molecule has 0 atom stereocenters. The van der Waals surface area contributed by atoms with Gasteiger partial charge in [-0.1, -0.05) is 5.16 Å². The van der Waals surface area contributed by atoms with E-state index in [0.29, 0.717) is 0 Å². The number of nitrogens with zero attached hydrogens (tertiary/aromatic N) is 1. The molecule has 0 saturated carbocycles. The molecular formula is C7H10N2O4S. The molecular weight excluding hydrogens is 208 g/mol. The molecule has 0 fully saturated rings. The van der Waals surface area contributed by atoms with E-state index in [1.165, 1.54) is 13.8 Å². The average Bonchev–Trinajstić information content (AvgIpc) is 2.49. The van der Waals surface area contributed by atoms with E-state index in [-0.39, 0.29) is 11.4 Å². The van der Waals surface area contributed by atoms with Crippen molar-refractivity contribution >= 4 is 20.8 Å². The van der Waals surface area contributed by atoms with Gasteiger partial charge in [-0.05, 0) is 13.8 Å². The van der Waals surface area contributed by atoms with E-state index in [1.807, 2.05) is 0 Å². The average molecular weight is 218 g/mol. The van der Waals surface area contributed by atoms with Crippen LogP contribution in [0.1, 0.15) is 24.2 Å². The number of nitrogen functional groups attached to an aromatic ring is 1. The first kappa shape index (κ1) is 10.7. The summed E-state index contributed by atoms with van der Waals surface area (Å²) in [5.41, 5.74) is 5.01. The lowest BCUT2D eigenvalue weighted by molar-refractivity contribution is 0.107. The van der Waals surface area contributed by atoms with Crippen LogP contribution < -0.4 is 5.73 Å². The molecule has 0 amide bonds. The van der Waals surface area contributed by atoms with Crippen molar-refractivity contribution in [3.8, 4) is 0 Å². The minimum Gasteiger partial charge on any atom is -0.367 e. The summed E-state index contributed by atoms with van der Waals surface area (Å²) in [6, 6.07) is 0. The molecule has 0 unspecified atom stereocenters. The number of anilines is 1. The Hall–Kier alpha value is -1.37. The fourth-order valence-electron chi connectivity index (χ4n) is 0.769. The molecule has 14 heavy (non-hydrogen) atoms. The van der Waals surface area contributed by atoms with Crippen LogP contribution >= 0.6 is 0 Å². The minimum atomic E-state index is -3.84. The number of sulfone groups is 1. The molecule has 0 spiro atoms. The third-order valence-electron chi connectivity index (χ3n) is 1.70. The van der Waals surface area contributed by atoms with E-state index in [4.69, 9.17) is 5.73 Å². The fraction of sp³-hybridized carbons (Fsp3) is 0.429. The van der Waals surface area contributed by atoms with E-state index in [2.05, 4.69) is 9.68 Å². The predicted octanol–water partition coefficient (Wildman–Crippen LogP) is 0.220. The van der Waals surface area contributed by atoms with E-state index in [9.17, 15) is 13.2 Å². The third kappa shape index (κ3) is 1.63. The zero-order valence-electron chi connectivity index (χ0n) is 7.72. The monoisotopic (exact) mass is 218 g/mol. The Morgan fingerprint density at radius 2 is 2.14 bits per heavy atom. The number of rotatable bonds is 2. The first-order valence-electron chi connectivity index (χ1n) is 3.85. The van der Waals surface area contributed by atoms with Gasteiger partial charge in [0.25, 0.3) is 5.12 Å². The fourth-order valence-corrected chi connectivity index (χ4v) is 1.66. The summed E-state index contributed by atoms with van der Waals surface area (Å²) < 4.78 is 27.2. The molecule has 0 aliphatic heterocycles. The standard InChI is InChI=1S/C7H10N2O4S/c1-4(2)14(11,12)7(10)5-3-9-13-6(5)8/h3-4H,8H2,1-2H3. The van der Waals surface area contributed by atoms with Crippen LogP contribution in [0.15, 0.2) is 10.7 Å². The summed E-state index contributed by atoms with van der Waals surface area (Å²) in [7, 11) is -3.84. The molecule has 78 valence electrons. The summed E-state index contributed by atoms with van der Waals surface area (Å²) in [6.45, 7) is 2.83. The Balaban J connectivity index is 3.16. The summed E-state index contributed by atoms with van der Waals surface area (Å²) in [5.74, 6) is -0.278. The van der Waals surface area contributed by atoms with Crippen LogP contribution in [-0.4, -0.2) is 23.9 Å². The maximum absolute atomic E-state index is 11.4. The zero-order chi connectivity index (χ0) is 10.9. The van der Waals surface area contributed by atoms with Crippen molar-refractivity contribution in [1.29, 1.82) is 0 Å². The highest BCUT2D eigenvalue weighted by Gasteiger charge is 2.30. The van der Waals surface area contributed by atoms with Gasteiger partial charge in [0.2, 0.25) is 15.7 Å². The van der Waals surface area contributed by atoms with Gasteiger partial charge in [-0.15, -0.1) is 0 Å². The molecule has 0 radical (unpaired) electrons. The molecule has 0 aromatic carbocycles. The van der Waals surface area contributed by atoms with E-state index in [0.717, 1.165) is 6.20 Å². The van der Waals surface area contributed by atoms with Crippen LogP contribution in [0, 0.1) is 0 Å². The van der Waals surface area contributed by atoms with Gasteiger partial charge in [-0.25, -0.2) is 8.42 Å². The van der Waals surface area contributed by atoms with Crippen molar-refractivity contribution in [3.63, 3.8) is 0 Å². The lowest BCUT2D eigenvalue weighted by Crippen LogP contribution is -2.24. The topological polar surface area (TPSA) is 103 Å². The van der Waals surface area contributed by atoms with Gasteiger partial charge in [0.15, 0.2) is 0 Å². The van der Waals surface area contributed by atoms with E-state index < -0.39 is 20.2 Å². The Labute approximate surface area is 81.0 Å². The summed E-state index contributed by atoms with van der Waals surface area (Å²) in [4.78, 5) is 11.4. The van der Waals surface area contributed by atoms with E-state index in [1.54, 1.807) is 0 Å². The molecule has 0 saturated heterocycles. The number of hydrogen-bond acceptors (Lipinski definition) is 6. The van der Waals surface area contributed by atoms with Crippen molar-refractivity contribution < 1.29 is 17.7 Å². The van der Waals surface area contributed by atoms with Crippen LogP contribution in [0.5, 0.6) is 0 Å². The molecule has 0 aliphatic carbocycles. The second-order valence-corrected chi connectivity index (χ2v) is 5.39. The van der Waals surface area contributed by atoms with Gasteiger partial charge in [-0.2, -0.15) is 0 Å². The zero-order valence-corrected chi connectivity index (χ0v) is 8.54. The molecule has 2 N–H and O–H groups in total. The minimum absolute atomic E-state index is 0.210. The second-order valence-electron chi connectivity index (χ2n) is 2.98. The summed E-state index contributed by atoms with van der Waals surface area (Å²) in [5, 5.41) is 1.39. The predicted molar refractivity (Wildman–Crippen MR) is 49.3 cm³/mol. The quantitative estimate of drug-likeness (QED) is 0.761. The van der Waals surface area contributed by atoms with Crippen LogP contribution in [-0.2, 0) is 9.84 Å².